The van der Waals surface area contributed by atoms with Gasteiger partial charge in [0.1, 0.15) is 0 Å². The van der Waals surface area contributed by atoms with Crippen LogP contribution in [0.15, 0.2) is 16.8 Å². The van der Waals surface area contributed by atoms with Gasteiger partial charge < -0.3 is 16.4 Å². The molecule has 0 aromatic rings. The van der Waals surface area contributed by atoms with Gasteiger partial charge in [0.05, 0.1) is 11.4 Å². The Kier molecular flexibility index (Phi) is 4.83. The van der Waals surface area contributed by atoms with Crippen molar-refractivity contribution in [2.75, 3.05) is 26.2 Å². The Morgan fingerprint density at radius 3 is 3.27 bits per heavy atom. The van der Waals surface area contributed by atoms with Gasteiger partial charge in [0.15, 0.2) is 0 Å². The third-order valence-corrected chi connectivity index (χ3v) is 2.05. The molecule has 0 saturated carbocycles. The number of nitrogens with two attached hydrogens (primary N) is 1. The predicted octanol–water partition coefficient (Wildman–Crippen LogP) is -0.601. The minimum absolute atomic E-state index is 0.222. The van der Waals surface area contributed by atoms with Crippen molar-refractivity contribution in [3.63, 3.8) is 0 Å². The molecule has 0 aromatic heterocycles. The molecule has 5 heteroatoms. The van der Waals surface area contributed by atoms with E-state index >= 15 is 0 Å². The van der Waals surface area contributed by atoms with Gasteiger partial charge in [-0.25, -0.2) is 0 Å². The zero-order chi connectivity index (χ0) is 11.1. The van der Waals surface area contributed by atoms with E-state index in [1.165, 1.54) is 0 Å². The highest BCUT2D eigenvalue weighted by molar-refractivity contribution is 6.04. The fourth-order valence-electron chi connectivity index (χ4n) is 1.30. The van der Waals surface area contributed by atoms with Crippen LogP contribution in [0.5, 0.6) is 0 Å². The minimum atomic E-state index is -0.232. The fourth-order valence-corrected chi connectivity index (χ4v) is 1.30. The van der Waals surface area contributed by atoms with E-state index in [1.807, 2.05) is 6.92 Å². The summed E-state index contributed by atoms with van der Waals surface area (Å²) in [5.41, 5.74) is 6.69. The third kappa shape index (κ3) is 4.12. The number of rotatable bonds is 3. The van der Waals surface area contributed by atoms with E-state index in [-0.39, 0.29) is 11.6 Å². The van der Waals surface area contributed by atoms with E-state index in [0.717, 1.165) is 25.2 Å². The van der Waals surface area contributed by atoms with Crippen LogP contribution in [-0.4, -0.2) is 37.8 Å². The number of hydrogen-bond acceptors (Lipinski definition) is 4. The molecule has 1 amide bonds. The molecule has 0 unspecified atom stereocenters. The molecule has 0 aromatic carbocycles. The maximum atomic E-state index is 11.3. The van der Waals surface area contributed by atoms with Crippen LogP contribution in [0.25, 0.3) is 0 Å². The first-order valence-corrected chi connectivity index (χ1v) is 5.23. The first-order chi connectivity index (χ1) is 7.24. The lowest BCUT2D eigenvalue weighted by Crippen LogP contribution is -2.29. The van der Waals surface area contributed by atoms with Gasteiger partial charge in [-0.05, 0) is 26.0 Å². The molecule has 84 valence electrons. The Hall–Kier alpha value is -1.36. The van der Waals surface area contributed by atoms with Crippen LogP contribution in [0.3, 0.4) is 0 Å². The number of nitrogens with one attached hydrogen (secondary N) is 2. The lowest BCUT2D eigenvalue weighted by atomic mass is 10.2. The number of amides is 1. The molecule has 1 rings (SSSR count). The van der Waals surface area contributed by atoms with Crippen molar-refractivity contribution in [2.24, 2.45) is 10.7 Å². The van der Waals surface area contributed by atoms with Crippen LogP contribution < -0.4 is 16.4 Å². The highest BCUT2D eigenvalue weighted by Crippen LogP contribution is 1.93. The van der Waals surface area contributed by atoms with E-state index in [1.54, 1.807) is 6.08 Å². The van der Waals surface area contributed by atoms with Gasteiger partial charge in [0, 0.05) is 19.6 Å². The van der Waals surface area contributed by atoms with Crippen LogP contribution in [0.2, 0.25) is 0 Å². The second-order valence-corrected chi connectivity index (χ2v) is 3.36. The summed E-state index contributed by atoms with van der Waals surface area (Å²) >= 11 is 0. The molecular formula is C10H18N4O. The molecule has 0 spiro atoms. The van der Waals surface area contributed by atoms with Crippen LogP contribution in [0.1, 0.15) is 13.3 Å². The number of carbonyl (C=O) groups excluding carboxylic acids is 1. The van der Waals surface area contributed by atoms with Crippen molar-refractivity contribution in [1.82, 2.24) is 10.6 Å². The Balaban J connectivity index is 2.59. The highest BCUT2D eigenvalue weighted by atomic mass is 16.1. The molecular weight excluding hydrogens is 192 g/mol. The number of nitrogens with zero attached hydrogens (tertiary/aromatic N) is 1. The number of carbonyl (C=O) groups is 1. The number of aliphatic imine (C=N–C) groups is 1. The zero-order valence-corrected chi connectivity index (χ0v) is 9.05. The Labute approximate surface area is 89.8 Å². The average molecular weight is 210 g/mol. The monoisotopic (exact) mass is 210 g/mol. The minimum Gasteiger partial charge on any atom is -0.394 e. The summed E-state index contributed by atoms with van der Waals surface area (Å²) in [5.74, 6) is -0.232. The molecule has 4 N–H and O–H groups in total. The first kappa shape index (κ1) is 11.7. The fraction of sp³-hybridized carbons (Fsp3) is 0.600. The quantitative estimate of drug-likeness (QED) is 0.544. The van der Waals surface area contributed by atoms with E-state index < -0.39 is 0 Å². The van der Waals surface area contributed by atoms with Gasteiger partial charge in [-0.1, -0.05) is 0 Å². The zero-order valence-electron chi connectivity index (χ0n) is 9.05. The second-order valence-electron chi connectivity index (χ2n) is 3.36. The molecule has 1 heterocycles. The lowest BCUT2D eigenvalue weighted by Gasteiger charge is -2.03. The molecule has 1 aliphatic rings. The molecule has 0 bridgehead atoms. The standard InChI is InChI=1S/C10H18N4O/c1-2-13-10(15)9(11)6-8-7-12-4-3-5-14-8/h6,12H,2-5,7,11H2,1H3,(H,13,15). The van der Waals surface area contributed by atoms with Gasteiger partial charge >= 0.3 is 0 Å². The summed E-state index contributed by atoms with van der Waals surface area (Å²) < 4.78 is 0. The Bertz CT molecular complexity index is 283. The van der Waals surface area contributed by atoms with Crippen LogP contribution in [-0.2, 0) is 4.79 Å². The second kappa shape index (κ2) is 6.19. The van der Waals surface area contributed by atoms with Crippen molar-refractivity contribution in [1.29, 1.82) is 0 Å². The van der Waals surface area contributed by atoms with Crippen LogP contribution in [0.4, 0.5) is 0 Å². The number of hydrogen-bond donors (Lipinski definition) is 3. The predicted molar refractivity (Wildman–Crippen MR) is 60.7 cm³/mol. The molecule has 1 aliphatic heterocycles. The molecule has 0 radical (unpaired) electrons. The van der Waals surface area contributed by atoms with Gasteiger partial charge in [-0.3, -0.25) is 9.79 Å². The summed E-state index contributed by atoms with van der Waals surface area (Å²) in [5, 5.41) is 5.85. The summed E-state index contributed by atoms with van der Waals surface area (Å²) in [6.45, 7) is 4.87. The SMILES string of the molecule is CCNC(=O)C(N)=CC1=NCCCNC1. The van der Waals surface area contributed by atoms with Crippen molar-refractivity contribution in [3.05, 3.63) is 11.8 Å². The van der Waals surface area contributed by atoms with Gasteiger partial charge in [-0.15, -0.1) is 0 Å². The number of likely N-dealkylation sites (N-methyl/N-ethyl adjacent to an activating group) is 1. The highest BCUT2D eigenvalue weighted by Gasteiger charge is 2.06. The molecule has 0 fully saturated rings. The molecule has 0 atom stereocenters. The average Bonchev–Trinajstić information content (AvgIpc) is 2.46. The van der Waals surface area contributed by atoms with Crippen LogP contribution in [0, 0.1) is 0 Å². The van der Waals surface area contributed by atoms with Crippen LogP contribution >= 0.6 is 0 Å². The van der Waals surface area contributed by atoms with Crippen molar-refractivity contribution < 1.29 is 4.79 Å². The third-order valence-electron chi connectivity index (χ3n) is 2.05. The lowest BCUT2D eigenvalue weighted by molar-refractivity contribution is -0.117. The van der Waals surface area contributed by atoms with E-state index in [0.29, 0.717) is 13.1 Å². The van der Waals surface area contributed by atoms with Crippen molar-refractivity contribution >= 4 is 11.6 Å². The van der Waals surface area contributed by atoms with E-state index in [2.05, 4.69) is 15.6 Å². The van der Waals surface area contributed by atoms with Gasteiger partial charge in [-0.2, -0.15) is 0 Å². The topological polar surface area (TPSA) is 79.5 Å². The molecule has 0 saturated heterocycles. The normalized spacial score (nSPS) is 17.9. The summed E-state index contributed by atoms with van der Waals surface area (Å²) in [6.07, 6.45) is 2.67. The Morgan fingerprint density at radius 1 is 1.73 bits per heavy atom. The summed E-state index contributed by atoms with van der Waals surface area (Å²) in [6, 6.07) is 0. The largest absolute Gasteiger partial charge is 0.394 e. The first-order valence-electron chi connectivity index (χ1n) is 5.23. The molecule has 0 aliphatic carbocycles. The van der Waals surface area contributed by atoms with Crippen molar-refractivity contribution in [2.45, 2.75) is 13.3 Å². The Morgan fingerprint density at radius 2 is 2.53 bits per heavy atom. The van der Waals surface area contributed by atoms with Gasteiger partial charge in [0.2, 0.25) is 0 Å². The summed E-state index contributed by atoms with van der Waals surface area (Å²) in [4.78, 5) is 15.6. The smallest absolute Gasteiger partial charge is 0.267 e. The van der Waals surface area contributed by atoms with E-state index in [9.17, 15) is 4.79 Å². The van der Waals surface area contributed by atoms with E-state index in [4.69, 9.17) is 5.73 Å². The van der Waals surface area contributed by atoms with Crippen molar-refractivity contribution in [3.8, 4) is 0 Å². The maximum absolute atomic E-state index is 11.3. The molecule has 15 heavy (non-hydrogen) atoms. The van der Waals surface area contributed by atoms with Gasteiger partial charge in [0.25, 0.3) is 5.91 Å². The maximum Gasteiger partial charge on any atom is 0.267 e. The summed E-state index contributed by atoms with van der Waals surface area (Å²) in [7, 11) is 0. The molecule has 5 nitrogen and oxygen atoms in total.